The van der Waals surface area contributed by atoms with E-state index in [4.69, 9.17) is 4.74 Å². The maximum atomic E-state index is 13.0. The summed E-state index contributed by atoms with van der Waals surface area (Å²) in [4.78, 5) is 12.1. The molecule has 0 saturated heterocycles. The van der Waals surface area contributed by atoms with E-state index < -0.39 is 16.0 Å². The second-order valence-corrected chi connectivity index (χ2v) is 7.46. The largest absolute Gasteiger partial charge is 0.465 e. The highest BCUT2D eigenvalue weighted by Crippen LogP contribution is 2.27. The number of methoxy groups -OCH3 is 1. The van der Waals surface area contributed by atoms with Gasteiger partial charge in [-0.05, 0) is 35.0 Å². The van der Waals surface area contributed by atoms with Crippen molar-refractivity contribution in [3.05, 3.63) is 72.3 Å². The van der Waals surface area contributed by atoms with E-state index >= 15 is 0 Å². The number of sulfonamides is 1. The zero-order chi connectivity index (χ0) is 18.0. The molecule has 0 aromatic heterocycles. The number of fused-ring (bicyclic) bond motifs is 1. The molecule has 0 saturated carbocycles. The molecule has 0 spiro atoms. The fourth-order valence-corrected chi connectivity index (χ4v) is 3.90. The van der Waals surface area contributed by atoms with Gasteiger partial charge in [0.1, 0.15) is 0 Å². The molecule has 0 radical (unpaired) electrons. The first-order valence-corrected chi connectivity index (χ1v) is 9.04. The van der Waals surface area contributed by atoms with Crippen LogP contribution in [0.25, 0.3) is 10.8 Å². The second-order valence-electron chi connectivity index (χ2n) is 5.49. The number of nitrogens with zero attached hydrogens (tertiary/aromatic N) is 1. The van der Waals surface area contributed by atoms with Crippen LogP contribution in [0, 0.1) is 0 Å². The number of carbonyl (C=O) groups is 1. The Morgan fingerprint density at radius 1 is 0.920 bits per heavy atom. The second kappa shape index (κ2) is 6.57. The van der Waals surface area contributed by atoms with Gasteiger partial charge in [0.05, 0.1) is 23.3 Å². The van der Waals surface area contributed by atoms with Crippen LogP contribution in [0.5, 0.6) is 0 Å². The van der Waals surface area contributed by atoms with Gasteiger partial charge in [-0.2, -0.15) is 0 Å². The molecule has 0 fully saturated rings. The zero-order valence-corrected chi connectivity index (χ0v) is 14.7. The molecule has 5 nitrogen and oxygen atoms in total. The number of hydrogen-bond acceptors (Lipinski definition) is 4. The Kier molecular flexibility index (Phi) is 4.46. The summed E-state index contributed by atoms with van der Waals surface area (Å²) in [5, 5.41) is 1.79. The Labute approximate surface area is 146 Å². The summed E-state index contributed by atoms with van der Waals surface area (Å²) >= 11 is 0. The van der Waals surface area contributed by atoms with Crippen molar-refractivity contribution in [3.63, 3.8) is 0 Å². The molecule has 0 unspecified atom stereocenters. The van der Waals surface area contributed by atoms with Crippen LogP contribution in [0.4, 0.5) is 5.69 Å². The molecule has 0 heterocycles. The average molecular weight is 355 g/mol. The van der Waals surface area contributed by atoms with Crippen molar-refractivity contribution in [2.75, 3.05) is 18.5 Å². The predicted molar refractivity (Wildman–Crippen MR) is 97.3 cm³/mol. The van der Waals surface area contributed by atoms with Crippen LogP contribution < -0.4 is 4.31 Å². The van der Waals surface area contributed by atoms with Crippen molar-refractivity contribution in [2.24, 2.45) is 0 Å². The third-order valence-electron chi connectivity index (χ3n) is 4.03. The molecule has 0 aliphatic heterocycles. The van der Waals surface area contributed by atoms with E-state index in [2.05, 4.69) is 0 Å². The highest BCUT2D eigenvalue weighted by molar-refractivity contribution is 7.92. The lowest BCUT2D eigenvalue weighted by Crippen LogP contribution is -2.28. The molecule has 0 bridgehead atoms. The van der Waals surface area contributed by atoms with Gasteiger partial charge in [-0.15, -0.1) is 0 Å². The van der Waals surface area contributed by atoms with E-state index in [1.165, 1.54) is 20.2 Å². The van der Waals surface area contributed by atoms with Crippen molar-refractivity contribution in [1.82, 2.24) is 0 Å². The van der Waals surface area contributed by atoms with Gasteiger partial charge in [-0.25, -0.2) is 13.2 Å². The molecule has 3 aromatic carbocycles. The molecule has 0 N–H and O–H groups in total. The lowest BCUT2D eigenvalue weighted by Gasteiger charge is -2.21. The minimum Gasteiger partial charge on any atom is -0.465 e. The highest BCUT2D eigenvalue weighted by Gasteiger charge is 2.25. The van der Waals surface area contributed by atoms with Gasteiger partial charge in [0, 0.05) is 7.05 Å². The summed E-state index contributed by atoms with van der Waals surface area (Å²) in [6.45, 7) is 0. The van der Waals surface area contributed by atoms with Crippen molar-refractivity contribution >= 4 is 32.5 Å². The van der Waals surface area contributed by atoms with E-state index in [1.807, 2.05) is 24.3 Å². The Bertz CT molecular complexity index is 1040. The number of ether oxygens (including phenoxy) is 1. The van der Waals surface area contributed by atoms with Crippen LogP contribution in [0.15, 0.2) is 71.6 Å². The van der Waals surface area contributed by atoms with Gasteiger partial charge in [-0.3, -0.25) is 4.31 Å². The van der Waals surface area contributed by atoms with E-state index in [-0.39, 0.29) is 16.1 Å². The summed E-state index contributed by atoms with van der Waals surface area (Å²) < 4.78 is 31.9. The van der Waals surface area contributed by atoms with E-state index in [1.54, 1.807) is 36.4 Å². The highest BCUT2D eigenvalue weighted by atomic mass is 32.2. The summed E-state index contributed by atoms with van der Waals surface area (Å²) in [5.41, 5.74) is 0.458. The maximum absolute atomic E-state index is 13.0. The molecule has 25 heavy (non-hydrogen) atoms. The van der Waals surface area contributed by atoms with Gasteiger partial charge in [0.15, 0.2) is 0 Å². The van der Waals surface area contributed by atoms with Crippen LogP contribution in [0.3, 0.4) is 0 Å². The van der Waals surface area contributed by atoms with Gasteiger partial charge in [0.25, 0.3) is 10.0 Å². The van der Waals surface area contributed by atoms with E-state index in [9.17, 15) is 13.2 Å². The zero-order valence-electron chi connectivity index (χ0n) is 13.8. The first-order valence-electron chi connectivity index (χ1n) is 7.60. The summed E-state index contributed by atoms with van der Waals surface area (Å²) in [6, 6.07) is 18.9. The molecule has 0 atom stereocenters. The fraction of sp³-hybridized carbons (Fsp3) is 0.105. The molecular weight excluding hydrogens is 338 g/mol. The molecule has 6 heteroatoms. The molecular formula is C19H17NO4S. The lowest BCUT2D eigenvalue weighted by atomic mass is 10.1. The smallest absolute Gasteiger partial charge is 0.340 e. The molecule has 0 amide bonds. The first kappa shape index (κ1) is 17.0. The standard InChI is InChI=1S/C19H17NO4S/c1-20(18-10-6-5-9-17(18)19(21)24-2)25(22,23)16-12-11-14-7-3-4-8-15(14)13-16/h3-13H,1-2H3. The third-order valence-corrected chi connectivity index (χ3v) is 5.80. The van der Waals surface area contributed by atoms with Crippen LogP contribution in [-0.4, -0.2) is 28.5 Å². The van der Waals surface area contributed by atoms with Crippen LogP contribution >= 0.6 is 0 Å². The number of hydrogen-bond donors (Lipinski definition) is 0. The quantitative estimate of drug-likeness (QED) is 0.673. The number of benzene rings is 3. The lowest BCUT2D eigenvalue weighted by molar-refractivity contribution is 0.0601. The molecule has 0 aliphatic rings. The van der Waals surface area contributed by atoms with Gasteiger partial charge in [-0.1, -0.05) is 42.5 Å². The fourth-order valence-electron chi connectivity index (χ4n) is 2.65. The SMILES string of the molecule is COC(=O)c1ccccc1N(C)S(=O)(=O)c1ccc2ccccc2c1. The van der Waals surface area contributed by atoms with Crippen molar-refractivity contribution < 1.29 is 17.9 Å². The summed E-state index contributed by atoms with van der Waals surface area (Å²) in [5.74, 6) is -0.587. The summed E-state index contributed by atoms with van der Waals surface area (Å²) in [6.07, 6.45) is 0. The minimum absolute atomic E-state index is 0.161. The Hall–Kier alpha value is -2.86. The van der Waals surface area contributed by atoms with Crippen molar-refractivity contribution in [3.8, 4) is 0 Å². The number of rotatable bonds is 4. The van der Waals surface area contributed by atoms with Crippen LogP contribution in [0.1, 0.15) is 10.4 Å². The van der Waals surface area contributed by atoms with Crippen molar-refractivity contribution in [2.45, 2.75) is 4.90 Å². The first-order chi connectivity index (χ1) is 11.9. The third kappa shape index (κ3) is 3.08. The molecule has 0 aliphatic carbocycles. The Balaban J connectivity index is 2.09. The average Bonchev–Trinajstić information content (AvgIpc) is 2.66. The summed E-state index contributed by atoms with van der Waals surface area (Å²) in [7, 11) is -1.14. The number of anilines is 1. The normalized spacial score (nSPS) is 11.3. The molecule has 3 rings (SSSR count). The van der Waals surface area contributed by atoms with Crippen molar-refractivity contribution in [1.29, 1.82) is 0 Å². The van der Waals surface area contributed by atoms with Crippen LogP contribution in [0.2, 0.25) is 0 Å². The van der Waals surface area contributed by atoms with Gasteiger partial charge in [0.2, 0.25) is 0 Å². The maximum Gasteiger partial charge on any atom is 0.340 e. The number of carbonyl (C=O) groups excluding carboxylic acids is 1. The number of para-hydroxylation sites is 1. The van der Waals surface area contributed by atoms with Gasteiger partial charge < -0.3 is 4.74 Å². The predicted octanol–water partition coefficient (Wildman–Crippen LogP) is 3.45. The van der Waals surface area contributed by atoms with E-state index in [0.717, 1.165) is 15.1 Å². The topological polar surface area (TPSA) is 63.7 Å². The molecule has 128 valence electrons. The minimum atomic E-state index is -3.82. The monoisotopic (exact) mass is 355 g/mol. The molecule has 3 aromatic rings. The Morgan fingerprint density at radius 3 is 2.28 bits per heavy atom. The van der Waals surface area contributed by atoms with Crippen LogP contribution in [-0.2, 0) is 14.8 Å². The Morgan fingerprint density at radius 2 is 1.56 bits per heavy atom. The number of esters is 1. The van der Waals surface area contributed by atoms with E-state index in [0.29, 0.717) is 0 Å². The van der Waals surface area contributed by atoms with Gasteiger partial charge >= 0.3 is 5.97 Å².